The zero-order chi connectivity index (χ0) is 31.9. The number of ether oxygens (including phenoxy) is 2. The van der Waals surface area contributed by atoms with Crippen molar-refractivity contribution in [3.05, 3.63) is 102 Å². The summed E-state index contributed by atoms with van der Waals surface area (Å²) >= 11 is 0. The number of carbonyl (C=O) groups is 2. The Labute approximate surface area is 264 Å². The third-order valence-electron chi connectivity index (χ3n) is 9.27. The van der Waals surface area contributed by atoms with E-state index in [1.165, 1.54) is 0 Å². The molecule has 4 aromatic rings. The number of aliphatic hydroxyl groups is 1. The van der Waals surface area contributed by atoms with Gasteiger partial charge in [-0.15, -0.1) is 0 Å². The monoisotopic (exact) mass is 624 g/mol. The highest BCUT2D eigenvalue weighted by Crippen LogP contribution is 2.49. The van der Waals surface area contributed by atoms with E-state index in [4.69, 9.17) is 9.47 Å². The molecule has 2 heterocycles. The van der Waals surface area contributed by atoms with Crippen LogP contribution in [0.25, 0.3) is 10.8 Å². The van der Waals surface area contributed by atoms with Crippen molar-refractivity contribution in [3.8, 4) is 5.75 Å². The lowest BCUT2D eigenvalue weighted by atomic mass is 9.86. The summed E-state index contributed by atoms with van der Waals surface area (Å²) in [6.45, 7) is 6.13. The number of benzene rings is 4. The number of hydrogen-bond acceptors (Lipinski definition) is 6. The van der Waals surface area contributed by atoms with Crippen LogP contribution in [0.4, 0.5) is 11.4 Å². The van der Waals surface area contributed by atoms with Gasteiger partial charge in [0.1, 0.15) is 11.9 Å². The van der Waals surface area contributed by atoms with Crippen LogP contribution in [0.5, 0.6) is 5.75 Å². The van der Waals surface area contributed by atoms with Crippen LogP contribution in [0.1, 0.15) is 40.9 Å². The highest BCUT2D eigenvalue weighted by molar-refractivity contribution is 6.71. The number of anilines is 2. The molecule has 2 aliphatic rings. The molecule has 9 heteroatoms. The maximum absolute atomic E-state index is 13.7. The molecule has 2 N–H and O–H groups in total. The van der Waals surface area contributed by atoms with E-state index in [-0.39, 0.29) is 43.4 Å². The van der Waals surface area contributed by atoms with Gasteiger partial charge in [-0.1, -0.05) is 61.5 Å². The number of nitrogens with zero attached hydrogens (tertiary/aromatic N) is 2. The summed E-state index contributed by atoms with van der Waals surface area (Å²) in [6.07, 6.45) is -0.782. The smallest absolute Gasteiger partial charge is 0.263 e. The molecule has 2 amide bonds. The minimum Gasteiger partial charge on any atom is -0.490 e. The van der Waals surface area contributed by atoms with Crippen LogP contribution in [-0.4, -0.2) is 61.3 Å². The van der Waals surface area contributed by atoms with E-state index in [1.54, 1.807) is 16.9 Å². The molecule has 234 valence electrons. The Hall–Kier alpha value is -4.02. The number of aliphatic hydroxyl groups excluding tert-OH is 1. The lowest BCUT2D eigenvalue weighted by Gasteiger charge is -2.44. The number of fused-ring (bicyclic) bond motifs is 1. The summed E-state index contributed by atoms with van der Waals surface area (Å²) in [7, 11) is -1.30. The van der Waals surface area contributed by atoms with Crippen molar-refractivity contribution in [1.82, 2.24) is 4.90 Å². The molecular weight excluding hydrogens is 584 g/mol. The van der Waals surface area contributed by atoms with Gasteiger partial charge in [0.2, 0.25) is 5.91 Å². The van der Waals surface area contributed by atoms with Crippen LogP contribution < -0.4 is 9.64 Å². The SMILES string of the molecule is CO[C@H]1c2cc(N3C(=O)c4cccc5cccc3c45)ccc2O[C@@H](C(CC(=O)N(CCO)Cc2ccccc2)[Si](C)(C)O)[C@@H]1C. The first-order valence-corrected chi connectivity index (χ1v) is 18.5. The molecule has 0 aliphatic carbocycles. The number of methoxy groups -OCH3 is 1. The van der Waals surface area contributed by atoms with Gasteiger partial charge in [0.05, 0.1) is 24.0 Å². The standard InChI is InChI=1S/C36H40N2O6Si/c1-23-34(43-2)28-20-26(38-29-15-9-13-25-12-8-14-27(33(25)29)36(38)41)16-17-30(28)44-35(23)31(45(3,4)42)21-32(40)37(18-19-39)22-24-10-6-5-7-11-24/h5-17,20,23,31,34-35,39,42H,18-19,21-22H2,1-4H3/t23-,31?,34-,35-/m1/s1. The van der Waals surface area contributed by atoms with E-state index in [2.05, 4.69) is 0 Å². The number of hydrogen-bond donors (Lipinski definition) is 2. The van der Waals surface area contributed by atoms with Crippen molar-refractivity contribution < 1.29 is 29.0 Å². The van der Waals surface area contributed by atoms with Gasteiger partial charge in [-0.2, -0.15) is 0 Å². The first-order valence-electron chi connectivity index (χ1n) is 15.5. The van der Waals surface area contributed by atoms with Crippen LogP contribution in [0.2, 0.25) is 18.6 Å². The minimum absolute atomic E-state index is 0.0760. The molecule has 2 aliphatic heterocycles. The Bertz CT molecular complexity index is 1720. The van der Waals surface area contributed by atoms with Gasteiger partial charge in [-0.3, -0.25) is 14.5 Å². The molecule has 1 unspecified atom stereocenters. The Morgan fingerprint density at radius 3 is 2.47 bits per heavy atom. The molecule has 0 spiro atoms. The summed E-state index contributed by atoms with van der Waals surface area (Å²) in [4.78, 5) is 42.3. The van der Waals surface area contributed by atoms with Crippen molar-refractivity contribution in [2.24, 2.45) is 5.92 Å². The van der Waals surface area contributed by atoms with Crippen LogP contribution >= 0.6 is 0 Å². The van der Waals surface area contributed by atoms with Gasteiger partial charge in [-0.05, 0) is 54.4 Å². The Balaban J connectivity index is 1.30. The van der Waals surface area contributed by atoms with Crippen LogP contribution in [0.15, 0.2) is 84.9 Å². The van der Waals surface area contributed by atoms with Crippen molar-refractivity contribution in [1.29, 1.82) is 0 Å². The Morgan fingerprint density at radius 1 is 1.04 bits per heavy atom. The number of carbonyl (C=O) groups excluding carboxylic acids is 2. The van der Waals surface area contributed by atoms with Gasteiger partial charge in [0, 0.05) is 54.7 Å². The van der Waals surface area contributed by atoms with Gasteiger partial charge < -0.3 is 24.3 Å². The highest BCUT2D eigenvalue weighted by Gasteiger charge is 2.47. The third-order valence-corrected chi connectivity index (χ3v) is 11.6. The molecule has 45 heavy (non-hydrogen) atoms. The highest BCUT2D eigenvalue weighted by atomic mass is 28.4. The van der Waals surface area contributed by atoms with E-state index >= 15 is 0 Å². The fourth-order valence-electron chi connectivity index (χ4n) is 6.98. The van der Waals surface area contributed by atoms with Crippen LogP contribution in [0, 0.1) is 5.92 Å². The molecule has 0 fully saturated rings. The van der Waals surface area contributed by atoms with Crippen LogP contribution in [-0.2, 0) is 16.1 Å². The maximum atomic E-state index is 13.7. The number of rotatable bonds is 10. The predicted molar refractivity (Wildman–Crippen MR) is 177 cm³/mol. The zero-order valence-corrected chi connectivity index (χ0v) is 27.1. The molecule has 6 rings (SSSR count). The minimum atomic E-state index is -2.95. The lowest BCUT2D eigenvalue weighted by Crippen LogP contribution is -2.50. The Kier molecular flexibility index (Phi) is 8.54. The molecule has 0 saturated carbocycles. The maximum Gasteiger partial charge on any atom is 0.263 e. The molecule has 0 saturated heterocycles. The van der Waals surface area contributed by atoms with Crippen molar-refractivity contribution in [3.63, 3.8) is 0 Å². The van der Waals surface area contributed by atoms with Gasteiger partial charge in [0.15, 0.2) is 8.32 Å². The van der Waals surface area contributed by atoms with E-state index in [1.807, 2.05) is 105 Å². The molecule has 8 nitrogen and oxygen atoms in total. The number of amides is 2. The average molecular weight is 625 g/mol. The first kappa shape index (κ1) is 31.0. The average Bonchev–Trinajstić information content (AvgIpc) is 3.32. The summed E-state index contributed by atoms with van der Waals surface area (Å²) in [5.41, 5.74) is 3.61. The summed E-state index contributed by atoms with van der Waals surface area (Å²) in [5, 5.41) is 11.7. The second-order valence-electron chi connectivity index (χ2n) is 12.6. The van der Waals surface area contributed by atoms with E-state index in [9.17, 15) is 19.5 Å². The fourth-order valence-corrected chi connectivity index (χ4v) is 8.83. The largest absolute Gasteiger partial charge is 0.490 e. The van der Waals surface area contributed by atoms with E-state index in [0.29, 0.717) is 17.9 Å². The molecule has 4 atom stereocenters. The van der Waals surface area contributed by atoms with Crippen molar-refractivity contribution in [2.45, 2.75) is 50.7 Å². The van der Waals surface area contributed by atoms with Gasteiger partial charge >= 0.3 is 0 Å². The van der Waals surface area contributed by atoms with E-state index in [0.717, 1.165) is 33.3 Å². The Morgan fingerprint density at radius 2 is 1.78 bits per heavy atom. The van der Waals surface area contributed by atoms with E-state index < -0.39 is 20.0 Å². The second-order valence-corrected chi connectivity index (χ2v) is 16.7. The normalized spacial score (nSPS) is 19.7. The van der Waals surface area contributed by atoms with Gasteiger partial charge in [0.25, 0.3) is 5.91 Å². The van der Waals surface area contributed by atoms with Gasteiger partial charge in [-0.25, -0.2) is 0 Å². The molecule has 0 radical (unpaired) electrons. The van der Waals surface area contributed by atoms with Crippen molar-refractivity contribution in [2.75, 3.05) is 25.2 Å². The third kappa shape index (κ3) is 5.77. The summed E-state index contributed by atoms with van der Waals surface area (Å²) < 4.78 is 12.7. The fraction of sp³-hybridized carbons (Fsp3) is 0.333. The lowest BCUT2D eigenvalue weighted by molar-refractivity contribution is -0.133. The molecular formula is C36H40N2O6Si. The summed E-state index contributed by atoms with van der Waals surface area (Å²) in [6, 6.07) is 27.1. The zero-order valence-electron chi connectivity index (χ0n) is 26.1. The van der Waals surface area contributed by atoms with Crippen molar-refractivity contribution >= 4 is 42.3 Å². The summed E-state index contributed by atoms with van der Waals surface area (Å²) in [5.74, 6) is 0.195. The second kappa shape index (κ2) is 12.4. The van der Waals surface area contributed by atoms with Crippen LogP contribution in [0.3, 0.4) is 0 Å². The topological polar surface area (TPSA) is 99.5 Å². The molecule has 0 aromatic heterocycles. The first-order chi connectivity index (χ1) is 21.6. The quantitative estimate of drug-likeness (QED) is 0.204. The molecule has 4 aromatic carbocycles. The predicted octanol–water partition coefficient (Wildman–Crippen LogP) is 6.20. The molecule has 0 bridgehead atoms.